The van der Waals surface area contributed by atoms with E-state index in [2.05, 4.69) is 28.1 Å². The van der Waals surface area contributed by atoms with Crippen LogP contribution in [0, 0.1) is 5.92 Å². The maximum Gasteiger partial charge on any atom is 0.247 e. The van der Waals surface area contributed by atoms with Crippen molar-refractivity contribution in [2.75, 3.05) is 19.6 Å². The molecule has 1 aromatic carbocycles. The van der Waals surface area contributed by atoms with Crippen molar-refractivity contribution in [2.24, 2.45) is 5.92 Å². The summed E-state index contributed by atoms with van der Waals surface area (Å²) in [5.41, 5.74) is 3.39. The van der Waals surface area contributed by atoms with Crippen molar-refractivity contribution in [3.05, 3.63) is 70.0 Å². The molecule has 1 aromatic heterocycles. The van der Waals surface area contributed by atoms with E-state index in [9.17, 15) is 9.90 Å². The molecule has 0 unspecified atom stereocenters. The highest BCUT2D eigenvalue weighted by molar-refractivity contribution is 6.31. The molecular weight excluding hydrogens is 422 g/mol. The second-order valence-corrected chi connectivity index (χ2v) is 10.1. The van der Waals surface area contributed by atoms with Gasteiger partial charge in [-0.25, -0.2) is 0 Å². The highest BCUT2D eigenvalue weighted by Gasteiger charge is 2.27. The summed E-state index contributed by atoms with van der Waals surface area (Å²) in [5.74, 6) is 0.726. The summed E-state index contributed by atoms with van der Waals surface area (Å²) < 4.78 is 0. The molecule has 1 saturated carbocycles. The van der Waals surface area contributed by atoms with E-state index in [0.717, 1.165) is 31.0 Å². The number of carbonyl (C=O) groups is 1. The average Bonchev–Trinajstić information content (AvgIpc) is 3.56. The third-order valence-electron chi connectivity index (χ3n) is 6.06. The fourth-order valence-electron chi connectivity index (χ4n) is 4.34. The monoisotopic (exact) mass is 453 g/mol. The molecule has 0 saturated heterocycles. The van der Waals surface area contributed by atoms with Crippen LogP contribution in [-0.2, 0) is 24.3 Å². The highest BCUT2D eigenvalue weighted by Crippen LogP contribution is 2.32. The van der Waals surface area contributed by atoms with Gasteiger partial charge in [-0.3, -0.25) is 14.7 Å². The number of pyridine rings is 1. The minimum Gasteiger partial charge on any atom is -0.389 e. The maximum atomic E-state index is 13.1. The van der Waals surface area contributed by atoms with E-state index >= 15 is 0 Å². The predicted molar refractivity (Wildman–Crippen MR) is 128 cm³/mol. The number of carbonyl (C=O) groups excluding carboxylic acids is 1. The Balaban J connectivity index is 1.49. The van der Waals surface area contributed by atoms with Crippen molar-refractivity contribution in [1.82, 2.24) is 14.8 Å². The molecule has 1 amide bonds. The van der Waals surface area contributed by atoms with Gasteiger partial charge in [-0.05, 0) is 73.9 Å². The normalized spacial score (nSPS) is 16.9. The molecule has 32 heavy (non-hydrogen) atoms. The number of hydrogen-bond donors (Lipinski definition) is 1. The van der Waals surface area contributed by atoms with Gasteiger partial charge >= 0.3 is 0 Å². The SMILES string of the molecule is CC(C)(O)CN(Cc1ncccc1Cl)C(=O)C=Cc1cccc2c1CCN(CC1CC1)C2. The summed E-state index contributed by atoms with van der Waals surface area (Å²) in [5, 5.41) is 10.9. The van der Waals surface area contributed by atoms with Crippen LogP contribution in [0.3, 0.4) is 0 Å². The number of fused-ring (bicyclic) bond motifs is 1. The van der Waals surface area contributed by atoms with Gasteiger partial charge < -0.3 is 10.0 Å². The molecule has 1 aliphatic carbocycles. The van der Waals surface area contributed by atoms with Crippen LogP contribution in [0.4, 0.5) is 0 Å². The fourth-order valence-corrected chi connectivity index (χ4v) is 4.52. The van der Waals surface area contributed by atoms with Crippen molar-refractivity contribution in [3.8, 4) is 0 Å². The summed E-state index contributed by atoms with van der Waals surface area (Å²) in [6, 6.07) is 9.88. The largest absolute Gasteiger partial charge is 0.389 e. The Morgan fingerprint density at radius 3 is 2.84 bits per heavy atom. The summed E-state index contributed by atoms with van der Waals surface area (Å²) in [7, 11) is 0. The number of nitrogens with zero attached hydrogens (tertiary/aromatic N) is 3. The van der Waals surface area contributed by atoms with E-state index < -0.39 is 5.60 Å². The Hall–Kier alpha value is -2.21. The van der Waals surface area contributed by atoms with Gasteiger partial charge in [0.1, 0.15) is 0 Å². The zero-order chi connectivity index (χ0) is 22.7. The van der Waals surface area contributed by atoms with E-state index in [0.29, 0.717) is 10.7 Å². The van der Waals surface area contributed by atoms with Crippen LogP contribution in [-0.4, -0.2) is 51.0 Å². The molecule has 0 spiro atoms. The second kappa shape index (κ2) is 9.74. The van der Waals surface area contributed by atoms with Crippen molar-refractivity contribution >= 4 is 23.6 Å². The first-order chi connectivity index (χ1) is 15.3. The number of rotatable bonds is 8. The second-order valence-electron chi connectivity index (χ2n) is 9.69. The number of benzene rings is 1. The first kappa shape index (κ1) is 23.0. The van der Waals surface area contributed by atoms with Crippen LogP contribution in [0.15, 0.2) is 42.6 Å². The van der Waals surface area contributed by atoms with Crippen LogP contribution in [0.5, 0.6) is 0 Å². The molecule has 2 heterocycles. The van der Waals surface area contributed by atoms with Gasteiger partial charge in [0.05, 0.1) is 22.9 Å². The Morgan fingerprint density at radius 1 is 1.31 bits per heavy atom. The smallest absolute Gasteiger partial charge is 0.247 e. The van der Waals surface area contributed by atoms with E-state index in [1.54, 1.807) is 43.2 Å². The summed E-state index contributed by atoms with van der Waals surface area (Å²) in [6.07, 6.45) is 8.93. The lowest BCUT2D eigenvalue weighted by atomic mass is 9.94. The molecule has 2 aromatic rings. The van der Waals surface area contributed by atoms with Crippen LogP contribution in [0.25, 0.3) is 6.08 Å². The lowest BCUT2D eigenvalue weighted by molar-refractivity contribution is -0.129. The minimum atomic E-state index is -1.03. The zero-order valence-electron chi connectivity index (χ0n) is 18.9. The molecule has 1 aliphatic heterocycles. The van der Waals surface area contributed by atoms with Crippen molar-refractivity contribution < 1.29 is 9.90 Å². The predicted octanol–water partition coefficient (Wildman–Crippen LogP) is 4.32. The molecule has 1 fully saturated rings. The lowest BCUT2D eigenvalue weighted by Crippen LogP contribution is -2.41. The van der Waals surface area contributed by atoms with Gasteiger partial charge in [0.25, 0.3) is 0 Å². The molecule has 5 nitrogen and oxygen atoms in total. The molecule has 0 atom stereocenters. The lowest BCUT2D eigenvalue weighted by Gasteiger charge is -2.30. The van der Waals surface area contributed by atoms with Gasteiger partial charge in [0.15, 0.2) is 0 Å². The minimum absolute atomic E-state index is 0.169. The summed E-state index contributed by atoms with van der Waals surface area (Å²) in [4.78, 5) is 21.6. The first-order valence-corrected chi connectivity index (χ1v) is 11.8. The van der Waals surface area contributed by atoms with Crippen molar-refractivity contribution in [1.29, 1.82) is 0 Å². The Kier molecular flexibility index (Phi) is 6.99. The molecule has 1 N–H and O–H groups in total. The Bertz CT molecular complexity index is 995. The number of halogens is 1. The maximum absolute atomic E-state index is 13.1. The van der Waals surface area contributed by atoms with Gasteiger partial charge in [-0.15, -0.1) is 0 Å². The molecule has 4 rings (SSSR count). The quantitative estimate of drug-likeness (QED) is 0.605. The fraction of sp³-hybridized carbons (Fsp3) is 0.462. The third-order valence-corrected chi connectivity index (χ3v) is 6.41. The first-order valence-electron chi connectivity index (χ1n) is 11.4. The number of hydrogen-bond acceptors (Lipinski definition) is 4. The average molecular weight is 454 g/mol. The molecule has 0 radical (unpaired) electrons. The number of aliphatic hydroxyl groups is 1. The van der Waals surface area contributed by atoms with Gasteiger partial charge in [0, 0.05) is 38.5 Å². The highest BCUT2D eigenvalue weighted by atomic mass is 35.5. The third kappa shape index (κ3) is 6.18. The summed E-state index contributed by atoms with van der Waals surface area (Å²) >= 11 is 6.26. The topological polar surface area (TPSA) is 56.7 Å². The molecular formula is C26H32ClN3O2. The van der Waals surface area contributed by atoms with Crippen LogP contribution in [0.2, 0.25) is 5.02 Å². The van der Waals surface area contributed by atoms with Gasteiger partial charge in [-0.1, -0.05) is 29.8 Å². The van der Waals surface area contributed by atoms with E-state index in [4.69, 9.17) is 11.6 Å². The van der Waals surface area contributed by atoms with Crippen molar-refractivity contribution in [2.45, 2.75) is 51.8 Å². The molecule has 170 valence electrons. The number of aromatic nitrogens is 1. The zero-order valence-corrected chi connectivity index (χ0v) is 19.7. The molecule has 2 aliphatic rings. The van der Waals surface area contributed by atoms with Gasteiger partial charge in [0.2, 0.25) is 5.91 Å². The van der Waals surface area contributed by atoms with Gasteiger partial charge in [-0.2, -0.15) is 0 Å². The van der Waals surface area contributed by atoms with Crippen LogP contribution < -0.4 is 0 Å². The van der Waals surface area contributed by atoms with E-state index in [-0.39, 0.29) is 19.0 Å². The standard InChI is InChI=1S/C26H32ClN3O2/c1-26(2,32)18-30(17-24-23(27)7-4-13-28-24)25(31)11-10-20-5-3-6-21-16-29(14-12-22(20)21)15-19-8-9-19/h3-7,10-11,13,19,32H,8-9,12,14-18H2,1-2H3. The van der Waals surface area contributed by atoms with E-state index in [1.807, 2.05) is 6.08 Å². The number of amides is 1. The Labute approximate surface area is 195 Å². The van der Waals surface area contributed by atoms with Crippen LogP contribution >= 0.6 is 11.6 Å². The van der Waals surface area contributed by atoms with Crippen LogP contribution in [0.1, 0.15) is 49.1 Å². The molecule has 0 bridgehead atoms. The summed E-state index contributed by atoms with van der Waals surface area (Å²) in [6.45, 7) is 7.09. The Morgan fingerprint density at radius 2 is 2.12 bits per heavy atom. The molecule has 6 heteroatoms. The van der Waals surface area contributed by atoms with E-state index in [1.165, 1.54) is 30.5 Å². The van der Waals surface area contributed by atoms with Crippen molar-refractivity contribution in [3.63, 3.8) is 0 Å².